The molecular weight excluding hydrogens is 430 g/mol. The summed E-state index contributed by atoms with van der Waals surface area (Å²) in [6.45, 7) is 1.67. The molecule has 0 saturated carbocycles. The summed E-state index contributed by atoms with van der Waals surface area (Å²) in [5.74, 6) is -0.931. The van der Waals surface area contributed by atoms with Crippen LogP contribution >= 0.6 is 23.2 Å². The molecule has 0 bridgehead atoms. The Hall–Kier alpha value is -3.15. The van der Waals surface area contributed by atoms with Crippen LogP contribution in [-0.4, -0.2) is 11.8 Å². The largest absolute Gasteiger partial charge is 0.452 e. The second kappa shape index (κ2) is 7.94. The van der Waals surface area contributed by atoms with Crippen LogP contribution in [0.2, 0.25) is 10.0 Å². The number of esters is 1. The summed E-state index contributed by atoms with van der Waals surface area (Å²) in [6.07, 6.45) is 1.56. The van der Waals surface area contributed by atoms with E-state index in [-0.39, 0.29) is 22.9 Å². The molecule has 0 N–H and O–H groups in total. The van der Waals surface area contributed by atoms with Crippen molar-refractivity contribution in [3.8, 4) is 11.5 Å². The first-order valence-electron chi connectivity index (χ1n) is 8.84. The molecule has 3 aromatic rings. The molecule has 4 nitrogen and oxygen atoms in total. The third kappa shape index (κ3) is 3.82. The first-order chi connectivity index (χ1) is 14.3. The fraction of sp³-hybridized carbons (Fsp3) is 0.0435. The lowest BCUT2D eigenvalue weighted by atomic mass is 10.1. The van der Waals surface area contributed by atoms with Gasteiger partial charge in [-0.1, -0.05) is 35.3 Å². The van der Waals surface area contributed by atoms with E-state index in [0.717, 1.165) is 6.07 Å². The first kappa shape index (κ1) is 20.1. The van der Waals surface area contributed by atoms with E-state index < -0.39 is 11.8 Å². The quantitative estimate of drug-likeness (QED) is 0.272. The predicted molar refractivity (Wildman–Crippen MR) is 112 cm³/mol. The van der Waals surface area contributed by atoms with Crippen LogP contribution in [0, 0.1) is 12.7 Å². The maximum atomic E-state index is 13.4. The topological polar surface area (TPSA) is 52.6 Å². The van der Waals surface area contributed by atoms with Gasteiger partial charge in [0.15, 0.2) is 5.76 Å². The van der Waals surface area contributed by atoms with E-state index in [9.17, 15) is 14.0 Å². The zero-order valence-corrected chi connectivity index (χ0v) is 17.1. The Labute approximate surface area is 181 Å². The van der Waals surface area contributed by atoms with Crippen molar-refractivity contribution in [1.29, 1.82) is 0 Å². The number of ether oxygens (including phenoxy) is 2. The lowest BCUT2D eigenvalue weighted by Crippen LogP contribution is -2.09. The number of ketones is 1. The van der Waals surface area contributed by atoms with Crippen LogP contribution in [0.25, 0.3) is 6.08 Å². The molecular formula is C23H13Cl2FO4. The van der Waals surface area contributed by atoms with Crippen LogP contribution in [0.1, 0.15) is 31.8 Å². The van der Waals surface area contributed by atoms with Gasteiger partial charge in [0.1, 0.15) is 17.3 Å². The zero-order chi connectivity index (χ0) is 21.4. The van der Waals surface area contributed by atoms with Gasteiger partial charge in [0.2, 0.25) is 5.78 Å². The van der Waals surface area contributed by atoms with Gasteiger partial charge in [-0.25, -0.2) is 9.18 Å². The van der Waals surface area contributed by atoms with E-state index in [1.54, 1.807) is 31.2 Å². The van der Waals surface area contributed by atoms with E-state index in [4.69, 9.17) is 32.7 Å². The van der Waals surface area contributed by atoms with Crippen molar-refractivity contribution in [3.63, 3.8) is 0 Å². The molecule has 1 heterocycles. The minimum atomic E-state index is -0.714. The normalized spacial score (nSPS) is 13.9. The zero-order valence-electron chi connectivity index (χ0n) is 15.5. The van der Waals surface area contributed by atoms with Gasteiger partial charge >= 0.3 is 5.97 Å². The van der Waals surface area contributed by atoms with E-state index in [0.29, 0.717) is 32.5 Å². The highest BCUT2D eigenvalue weighted by molar-refractivity contribution is 6.42. The van der Waals surface area contributed by atoms with Gasteiger partial charge in [-0.15, -0.1) is 0 Å². The number of fused-ring (bicyclic) bond motifs is 1. The van der Waals surface area contributed by atoms with Crippen molar-refractivity contribution in [2.75, 3.05) is 0 Å². The second-order valence-corrected chi connectivity index (χ2v) is 7.39. The van der Waals surface area contributed by atoms with Crippen LogP contribution in [0.3, 0.4) is 0 Å². The molecule has 3 aromatic carbocycles. The third-order valence-electron chi connectivity index (χ3n) is 4.54. The third-order valence-corrected chi connectivity index (χ3v) is 5.28. The summed E-state index contributed by atoms with van der Waals surface area (Å²) >= 11 is 11.9. The number of carbonyl (C=O) groups is 2. The number of hydrogen-bond acceptors (Lipinski definition) is 4. The van der Waals surface area contributed by atoms with Crippen LogP contribution < -0.4 is 9.47 Å². The molecule has 30 heavy (non-hydrogen) atoms. The molecule has 0 spiro atoms. The lowest BCUT2D eigenvalue weighted by Gasteiger charge is -2.10. The molecule has 4 rings (SSSR count). The Morgan fingerprint density at radius 2 is 1.87 bits per heavy atom. The van der Waals surface area contributed by atoms with Crippen molar-refractivity contribution in [1.82, 2.24) is 0 Å². The van der Waals surface area contributed by atoms with Crippen molar-refractivity contribution in [3.05, 3.63) is 98.5 Å². The summed E-state index contributed by atoms with van der Waals surface area (Å²) in [5.41, 5.74) is 1.55. The van der Waals surface area contributed by atoms with Gasteiger partial charge in [-0.3, -0.25) is 4.79 Å². The van der Waals surface area contributed by atoms with Gasteiger partial charge in [0.25, 0.3) is 0 Å². The van der Waals surface area contributed by atoms with Crippen LogP contribution in [0.4, 0.5) is 4.39 Å². The van der Waals surface area contributed by atoms with E-state index >= 15 is 0 Å². The summed E-state index contributed by atoms with van der Waals surface area (Å²) < 4.78 is 24.5. The summed E-state index contributed by atoms with van der Waals surface area (Å²) in [6, 6.07) is 13.2. The number of benzene rings is 3. The predicted octanol–water partition coefficient (Wildman–Crippen LogP) is 6.28. The fourth-order valence-corrected chi connectivity index (χ4v) is 3.31. The Balaban J connectivity index is 1.62. The van der Waals surface area contributed by atoms with E-state index in [1.807, 2.05) is 0 Å². The smallest absolute Gasteiger partial charge is 0.343 e. The van der Waals surface area contributed by atoms with Crippen molar-refractivity contribution < 1.29 is 23.5 Å². The Kier molecular flexibility index (Phi) is 5.33. The molecule has 7 heteroatoms. The van der Waals surface area contributed by atoms with Gasteiger partial charge in [0.05, 0.1) is 21.2 Å². The Bertz CT molecular complexity index is 1230. The first-order valence-corrected chi connectivity index (χ1v) is 9.60. The summed E-state index contributed by atoms with van der Waals surface area (Å²) in [5, 5.41) is 0.762. The molecule has 0 radical (unpaired) electrons. The minimum Gasteiger partial charge on any atom is -0.452 e. The molecule has 0 amide bonds. The maximum Gasteiger partial charge on any atom is 0.343 e. The Morgan fingerprint density at radius 3 is 2.60 bits per heavy atom. The second-order valence-electron chi connectivity index (χ2n) is 6.58. The lowest BCUT2D eigenvalue weighted by molar-refractivity contribution is 0.0732. The monoisotopic (exact) mass is 442 g/mol. The molecule has 1 aliphatic heterocycles. The molecule has 0 fully saturated rings. The molecule has 0 saturated heterocycles. The van der Waals surface area contributed by atoms with Crippen LogP contribution in [0.15, 0.2) is 60.4 Å². The van der Waals surface area contributed by atoms with Gasteiger partial charge in [0, 0.05) is 5.56 Å². The van der Waals surface area contributed by atoms with Crippen molar-refractivity contribution >= 4 is 41.0 Å². The van der Waals surface area contributed by atoms with Gasteiger partial charge in [-0.2, -0.15) is 0 Å². The number of Topliss-reactive ketones (excluding diaryl/α,β-unsaturated/α-hetero) is 1. The van der Waals surface area contributed by atoms with E-state index in [1.165, 1.54) is 30.3 Å². The average molecular weight is 443 g/mol. The van der Waals surface area contributed by atoms with Gasteiger partial charge < -0.3 is 9.47 Å². The summed E-state index contributed by atoms with van der Waals surface area (Å²) in [7, 11) is 0. The Morgan fingerprint density at radius 1 is 1.07 bits per heavy atom. The minimum absolute atomic E-state index is 0.0760. The molecule has 1 aliphatic rings. The number of rotatable bonds is 3. The number of hydrogen-bond donors (Lipinski definition) is 0. The highest BCUT2D eigenvalue weighted by atomic mass is 35.5. The standard InChI is InChI=1S/C23H13Cl2FO4/c1-12-19(30-23(28)14-3-2-4-15(26)11-14)8-6-16-21(27)20(29-22(12)16)10-13-5-7-17(24)18(25)9-13/h2-11H,1H3/b20-10-. The molecule has 150 valence electrons. The molecule has 0 aromatic heterocycles. The SMILES string of the molecule is Cc1c(OC(=O)c2cccc(F)c2)ccc2c1O/C(=C\c1ccc(Cl)c(Cl)c1)C2=O. The van der Waals surface area contributed by atoms with Crippen LogP contribution in [-0.2, 0) is 0 Å². The van der Waals surface area contributed by atoms with Gasteiger partial charge in [-0.05, 0) is 61.0 Å². The number of allylic oxidation sites excluding steroid dienone is 1. The highest BCUT2D eigenvalue weighted by Crippen LogP contribution is 2.39. The molecule has 0 unspecified atom stereocenters. The highest BCUT2D eigenvalue weighted by Gasteiger charge is 2.30. The molecule has 0 atom stereocenters. The number of halogens is 3. The summed E-state index contributed by atoms with van der Waals surface area (Å²) in [4.78, 5) is 25.0. The van der Waals surface area contributed by atoms with E-state index in [2.05, 4.69) is 0 Å². The average Bonchev–Trinajstić information content (AvgIpc) is 3.03. The fourth-order valence-electron chi connectivity index (χ4n) is 3.01. The van der Waals surface area contributed by atoms with Crippen LogP contribution in [0.5, 0.6) is 11.5 Å². The number of carbonyl (C=O) groups excluding carboxylic acids is 2. The van der Waals surface area contributed by atoms with Crippen molar-refractivity contribution in [2.45, 2.75) is 6.92 Å². The maximum absolute atomic E-state index is 13.4. The molecule has 0 aliphatic carbocycles. The van der Waals surface area contributed by atoms with Crippen molar-refractivity contribution in [2.24, 2.45) is 0 Å².